The monoisotopic (exact) mass is 418 g/mol. The Hall–Kier alpha value is -1.84. The molecular formula is C26H42O4. The van der Waals surface area contributed by atoms with Gasteiger partial charge in [0.1, 0.15) is 0 Å². The zero-order chi connectivity index (χ0) is 22.7. The Labute approximate surface area is 183 Å². The van der Waals surface area contributed by atoms with E-state index in [1.165, 1.54) is 0 Å². The summed E-state index contributed by atoms with van der Waals surface area (Å²) in [5.74, 6) is -0.0803. The Morgan fingerprint density at radius 2 is 1.27 bits per heavy atom. The van der Waals surface area contributed by atoms with Crippen LogP contribution in [0.15, 0.2) is 18.2 Å². The lowest BCUT2D eigenvalue weighted by molar-refractivity contribution is -0.142. The van der Waals surface area contributed by atoms with E-state index in [9.17, 15) is 9.59 Å². The fourth-order valence-electron chi connectivity index (χ4n) is 3.40. The summed E-state index contributed by atoms with van der Waals surface area (Å²) in [7, 11) is 0. The van der Waals surface area contributed by atoms with E-state index in [1.807, 2.05) is 26.0 Å². The number of hydrogen-bond acceptors (Lipinski definition) is 4. The van der Waals surface area contributed by atoms with Gasteiger partial charge in [-0.2, -0.15) is 0 Å². The van der Waals surface area contributed by atoms with Crippen LogP contribution in [-0.4, -0.2) is 11.9 Å². The van der Waals surface area contributed by atoms with Crippen LogP contribution in [-0.2, 0) is 15.0 Å². The second-order valence-electron chi connectivity index (χ2n) is 9.25. The summed E-state index contributed by atoms with van der Waals surface area (Å²) in [4.78, 5) is 25.6. The third kappa shape index (κ3) is 8.12. The maximum absolute atomic E-state index is 12.8. The fraction of sp³-hybridized carbons (Fsp3) is 0.692. The predicted octanol–water partition coefficient (Wildman–Crippen LogP) is 7.23. The smallest absolute Gasteiger partial charge is 0.314 e. The number of carbonyl (C=O) groups is 2. The zero-order valence-electron chi connectivity index (χ0n) is 20.2. The van der Waals surface area contributed by atoms with Crippen molar-refractivity contribution in [2.45, 2.75) is 105 Å². The minimum absolute atomic E-state index is 0.108. The first-order valence-corrected chi connectivity index (χ1v) is 11.8. The maximum Gasteiger partial charge on any atom is 0.314 e. The summed E-state index contributed by atoms with van der Waals surface area (Å²) >= 11 is 0. The number of hydrogen-bond donors (Lipinski definition) is 0. The molecule has 0 bridgehead atoms. The summed E-state index contributed by atoms with van der Waals surface area (Å²) in [6.07, 6.45) is 7.18. The highest BCUT2D eigenvalue weighted by Gasteiger charge is 2.25. The quantitative estimate of drug-likeness (QED) is 0.265. The molecule has 0 heterocycles. The van der Waals surface area contributed by atoms with E-state index in [4.69, 9.17) is 9.47 Å². The highest BCUT2D eigenvalue weighted by molar-refractivity contribution is 5.78. The Bertz CT molecular complexity index is 672. The molecule has 0 radical (unpaired) electrons. The van der Waals surface area contributed by atoms with Crippen LogP contribution >= 0.6 is 0 Å². The Kier molecular flexibility index (Phi) is 11.1. The first-order chi connectivity index (χ1) is 14.2. The third-order valence-electron chi connectivity index (χ3n) is 5.70. The molecule has 30 heavy (non-hydrogen) atoms. The average molecular weight is 419 g/mol. The van der Waals surface area contributed by atoms with E-state index in [0.29, 0.717) is 11.5 Å². The maximum atomic E-state index is 12.8. The Balaban J connectivity index is 3.14. The van der Waals surface area contributed by atoms with Crippen LogP contribution in [0, 0.1) is 11.8 Å². The number of ether oxygens (including phenoxy) is 2. The Morgan fingerprint density at radius 1 is 0.800 bits per heavy atom. The van der Waals surface area contributed by atoms with Crippen molar-refractivity contribution in [1.82, 2.24) is 0 Å². The van der Waals surface area contributed by atoms with Gasteiger partial charge >= 0.3 is 11.9 Å². The number of carbonyl (C=O) groups excluding carboxylic acids is 2. The first kappa shape index (κ1) is 26.2. The molecule has 2 unspecified atom stereocenters. The minimum atomic E-state index is -0.246. The van der Waals surface area contributed by atoms with E-state index in [1.54, 1.807) is 6.07 Å². The van der Waals surface area contributed by atoms with Crippen LogP contribution in [0.3, 0.4) is 0 Å². The van der Waals surface area contributed by atoms with Gasteiger partial charge in [0.25, 0.3) is 0 Å². The SMILES string of the molecule is CCCCC(CC)C(=O)Oc1ccc(C(C)(C)C)cc1OC(=O)C(CC)CCCC. The van der Waals surface area contributed by atoms with E-state index >= 15 is 0 Å². The van der Waals surface area contributed by atoms with Crippen LogP contribution in [0.5, 0.6) is 11.5 Å². The number of unbranched alkanes of at least 4 members (excludes halogenated alkanes) is 2. The molecular weight excluding hydrogens is 376 g/mol. The van der Waals surface area contributed by atoms with Gasteiger partial charge in [-0.15, -0.1) is 0 Å². The van der Waals surface area contributed by atoms with Crippen molar-refractivity contribution < 1.29 is 19.1 Å². The van der Waals surface area contributed by atoms with Crippen molar-refractivity contribution in [2.24, 2.45) is 11.8 Å². The molecule has 1 aromatic carbocycles. The molecule has 4 heteroatoms. The molecule has 1 aromatic rings. The standard InChI is InChI=1S/C26H42O4/c1-8-12-14-19(10-3)24(27)29-22-17-16-21(26(5,6)7)18-23(22)30-25(28)20(11-4)15-13-9-2/h16-20H,8-15H2,1-7H3. The molecule has 0 N–H and O–H groups in total. The molecule has 0 fully saturated rings. The van der Waals surface area contributed by atoms with Crippen molar-refractivity contribution >= 4 is 11.9 Å². The molecule has 0 saturated carbocycles. The van der Waals surface area contributed by atoms with Gasteiger partial charge in [0, 0.05) is 0 Å². The van der Waals surface area contributed by atoms with E-state index in [0.717, 1.165) is 56.9 Å². The van der Waals surface area contributed by atoms with Crippen LogP contribution < -0.4 is 9.47 Å². The van der Waals surface area contributed by atoms with Crippen LogP contribution in [0.4, 0.5) is 0 Å². The lowest BCUT2D eigenvalue weighted by Gasteiger charge is -2.22. The summed E-state index contributed by atoms with van der Waals surface area (Å²) < 4.78 is 11.6. The second kappa shape index (κ2) is 12.8. The average Bonchev–Trinajstić information content (AvgIpc) is 2.69. The zero-order valence-corrected chi connectivity index (χ0v) is 20.2. The van der Waals surface area contributed by atoms with Crippen LogP contribution in [0.1, 0.15) is 105 Å². The molecule has 2 atom stereocenters. The van der Waals surface area contributed by atoms with Crippen molar-refractivity contribution in [3.63, 3.8) is 0 Å². The molecule has 1 rings (SSSR count). The van der Waals surface area contributed by atoms with Gasteiger partial charge < -0.3 is 9.47 Å². The largest absolute Gasteiger partial charge is 0.422 e. The first-order valence-electron chi connectivity index (χ1n) is 11.8. The molecule has 0 amide bonds. The normalized spacial score (nSPS) is 13.6. The van der Waals surface area contributed by atoms with E-state index in [2.05, 4.69) is 34.6 Å². The van der Waals surface area contributed by atoms with Gasteiger partial charge in [0.2, 0.25) is 0 Å². The van der Waals surface area contributed by atoms with Crippen molar-refractivity contribution in [3.8, 4) is 11.5 Å². The number of benzene rings is 1. The molecule has 0 spiro atoms. The molecule has 4 nitrogen and oxygen atoms in total. The van der Waals surface area contributed by atoms with Gasteiger partial charge in [-0.05, 0) is 48.8 Å². The topological polar surface area (TPSA) is 52.6 Å². The number of esters is 2. The van der Waals surface area contributed by atoms with Gasteiger partial charge in [-0.3, -0.25) is 9.59 Å². The molecule has 0 aliphatic carbocycles. The van der Waals surface area contributed by atoms with Crippen LogP contribution in [0.25, 0.3) is 0 Å². The molecule has 170 valence electrons. The van der Waals surface area contributed by atoms with Gasteiger partial charge in [-0.1, -0.05) is 80.2 Å². The lowest BCUT2D eigenvalue weighted by Crippen LogP contribution is -2.23. The second-order valence-corrected chi connectivity index (χ2v) is 9.25. The third-order valence-corrected chi connectivity index (χ3v) is 5.70. The van der Waals surface area contributed by atoms with E-state index < -0.39 is 0 Å². The summed E-state index contributed by atoms with van der Waals surface area (Å²) in [6.45, 7) is 14.6. The lowest BCUT2D eigenvalue weighted by atomic mass is 9.87. The number of rotatable bonds is 12. The summed E-state index contributed by atoms with van der Waals surface area (Å²) in [5.41, 5.74) is 0.924. The van der Waals surface area contributed by atoms with E-state index in [-0.39, 0.29) is 29.2 Å². The highest BCUT2D eigenvalue weighted by Crippen LogP contribution is 2.35. The summed E-state index contributed by atoms with van der Waals surface area (Å²) in [5, 5.41) is 0. The molecule has 0 aliphatic heterocycles. The molecule has 0 saturated heterocycles. The summed E-state index contributed by atoms with van der Waals surface area (Å²) in [6, 6.07) is 5.56. The van der Waals surface area contributed by atoms with Crippen molar-refractivity contribution in [3.05, 3.63) is 23.8 Å². The molecule has 0 aliphatic rings. The van der Waals surface area contributed by atoms with Gasteiger partial charge in [-0.25, -0.2) is 0 Å². The van der Waals surface area contributed by atoms with Gasteiger partial charge in [0.05, 0.1) is 11.8 Å². The predicted molar refractivity (Wildman–Crippen MR) is 123 cm³/mol. The Morgan fingerprint density at radius 3 is 1.67 bits per heavy atom. The minimum Gasteiger partial charge on any atom is -0.422 e. The van der Waals surface area contributed by atoms with Crippen molar-refractivity contribution in [2.75, 3.05) is 0 Å². The van der Waals surface area contributed by atoms with Crippen molar-refractivity contribution in [1.29, 1.82) is 0 Å². The fourth-order valence-corrected chi connectivity index (χ4v) is 3.40. The highest BCUT2D eigenvalue weighted by atomic mass is 16.6. The van der Waals surface area contributed by atoms with Crippen LogP contribution in [0.2, 0.25) is 0 Å². The van der Waals surface area contributed by atoms with Gasteiger partial charge in [0.15, 0.2) is 11.5 Å². The molecule has 0 aromatic heterocycles.